The van der Waals surface area contributed by atoms with Crippen molar-refractivity contribution in [2.24, 2.45) is 0 Å². The van der Waals surface area contributed by atoms with E-state index >= 15 is 0 Å². The van der Waals surface area contributed by atoms with Crippen LogP contribution in [-0.4, -0.2) is 10.5 Å². The fourth-order valence-corrected chi connectivity index (χ4v) is 2.43. The predicted molar refractivity (Wildman–Crippen MR) is 77.2 cm³/mol. The number of hydrogen-bond donors (Lipinski definition) is 1. The lowest BCUT2D eigenvalue weighted by Crippen LogP contribution is -2.16. The molecule has 2 rings (SSSR count). The Morgan fingerprint density at radius 1 is 1.42 bits per heavy atom. The first-order valence-electron chi connectivity index (χ1n) is 5.62. The van der Waals surface area contributed by atoms with Crippen molar-refractivity contribution < 1.29 is 9.18 Å². The molecular weight excluding hydrogens is 335 g/mol. The SMILES string of the molecule is CCn1cc(Br)cc1C(=O)Nc1cc(F)cc(Cl)c1. The van der Waals surface area contributed by atoms with Gasteiger partial charge in [0.2, 0.25) is 0 Å². The number of nitrogens with one attached hydrogen (secondary N) is 1. The molecule has 0 spiro atoms. The normalized spacial score (nSPS) is 10.5. The summed E-state index contributed by atoms with van der Waals surface area (Å²) in [5, 5.41) is 2.86. The summed E-state index contributed by atoms with van der Waals surface area (Å²) in [5.74, 6) is -0.802. The molecule has 0 unspecified atom stereocenters. The van der Waals surface area contributed by atoms with Gasteiger partial charge in [-0.2, -0.15) is 0 Å². The summed E-state index contributed by atoms with van der Waals surface area (Å²) in [5.41, 5.74) is 0.824. The van der Waals surface area contributed by atoms with Gasteiger partial charge in [-0.1, -0.05) is 11.6 Å². The minimum atomic E-state index is -0.491. The lowest BCUT2D eigenvalue weighted by atomic mass is 10.3. The highest BCUT2D eigenvalue weighted by atomic mass is 79.9. The number of hydrogen-bond acceptors (Lipinski definition) is 1. The third-order valence-electron chi connectivity index (χ3n) is 2.56. The van der Waals surface area contributed by atoms with Gasteiger partial charge >= 0.3 is 0 Å². The molecule has 0 fully saturated rings. The Balaban J connectivity index is 2.25. The number of aromatic nitrogens is 1. The standard InChI is InChI=1S/C13H11BrClFN2O/c1-2-18-7-8(14)3-12(18)13(19)17-11-5-9(15)4-10(16)6-11/h3-7H,2H2,1H3,(H,17,19). The molecule has 0 aliphatic carbocycles. The van der Waals surface area contributed by atoms with Crippen LogP contribution < -0.4 is 5.32 Å². The monoisotopic (exact) mass is 344 g/mol. The molecule has 100 valence electrons. The van der Waals surface area contributed by atoms with E-state index in [1.165, 1.54) is 18.2 Å². The second-order valence-corrected chi connectivity index (χ2v) is 5.29. The molecule has 1 N–H and O–H groups in total. The van der Waals surface area contributed by atoms with Crippen LogP contribution in [0.3, 0.4) is 0 Å². The minimum absolute atomic E-state index is 0.238. The molecule has 2 aromatic rings. The van der Waals surface area contributed by atoms with E-state index in [2.05, 4.69) is 21.2 Å². The van der Waals surface area contributed by atoms with Gasteiger partial charge in [0.1, 0.15) is 11.5 Å². The van der Waals surface area contributed by atoms with E-state index in [4.69, 9.17) is 11.6 Å². The third-order valence-corrected chi connectivity index (χ3v) is 3.21. The number of aryl methyl sites for hydroxylation is 1. The van der Waals surface area contributed by atoms with Crippen molar-refractivity contribution in [2.75, 3.05) is 5.32 Å². The number of nitrogens with zero attached hydrogens (tertiary/aromatic N) is 1. The first-order valence-corrected chi connectivity index (χ1v) is 6.80. The zero-order valence-electron chi connectivity index (χ0n) is 10.1. The maximum atomic E-state index is 13.2. The lowest BCUT2D eigenvalue weighted by Gasteiger charge is -2.08. The fraction of sp³-hybridized carbons (Fsp3) is 0.154. The van der Waals surface area contributed by atoms with Gasteiger partial charge in [-0.3, -0.25) is 4.79 Å². The largest absolute Gasteiger partial charge is 0.343 e. The molecule has 1 aromatic carbocycles. The van der Waals surface area contributed by atoms with Crippen molar-refractivity contribution in [2.45, 2.75) is 13.5 Å². The number of carbonyl (C=O) groups excluding carboxylic acids is 1. The Morgan fingerprint density at radius 2 is 2.16 bits per heavy atom. The fourth-order valence-electron chi connectivity index (χ4n) is 1.75. The molecular formula is C13H11BrClFN2O. The third kappa shape index (κ3) is 3.36. The van der Waals surface area contributed by atoms with E-state index in [0.717, 1.165) is 4.47 Å². The number of anilines is 1. The van der Waals surface area contributed by atoms with Crippen molar-refractivity contribution in [3.63, 3.8) is 0 Å². The van der Waals surface area contributed by atoms with Crippen LogP contribution in [0.25, 0.3) is 0 Å². The van der Waals surface area contributed by atoms with Crippen LogP contribution in [0, 0.1) is 5.82 Å². The van der Waals surface area contributed by atoms with Crippen LogP contribution >= 0.6 is 27.5 Å². The average molecular weight is 346 g/mol. The second-order valence-electron chi connectivity index (χ2n) is 3.94. The highest BCUT2D eigenvalue weighted by Gasteiger charge is 2.13. The van der Waals surface area contributed by atoms with E-state index in [1.54, 1.807) is 10.6 Å². The molecule has 1 heterocycles. The van der Waals surface area contributed by atoms with E-state index in [-0.39, 0.29) is 10.9 Å². The zero-order chi connectivity index (χ0) is 14.0. The lowest BCUT2D eigenvalue weighted by molar-refractivity contribution is 0.101. The van der Waals surface area contributed by atoms with Crippen LogP contribution in [0.2, 0.25) is 5.02 Å². The first kappa shape index (κ1) is 14.1. The maximum Gasteiger partial charge on any atom is 0.272 e. The second kappa shape index (κ2) is 5.75. The Labute approximate surface area is 123 Å². The van der Waals surface area contributed by atoms with E-state index in [0.29, 0.717) is 17.9 Å². The van der Waals surface area contributed by atoms with E-state index < -0.39 is 5.82 Å². The molecule has 19 heavy (non-hydrogen) atoms. The van der Waals surface area contributed by atoms with Gasteiger partial charge in [0.15, 0.2) is 0 Å². The Hall–Kier alpha value is -1.33. The minimum Gasteiger partial charge on any atom is -0.343 e. The molecule has 0 aliphatic heterocycles. The van der Waals surface area contributed by atoms with Gasteiger partial charge < -0.3 is 9.88 Å². The Kier molecular flexibility index (Phi) is 4.27. The summed E-state index contributed by atoms with van der Waals surface area (Å²) in [6.45, 7) is 2.60. The molecule has 0 saturated heterocycles. The molecule has 0 saturated carbocycles. The van der Waals surface area contributed by atoms with Gasteiger partial charge in [-0.05, 0) is 47.1 Å². The molecule has 0 bridgehead atoms. The van der Waals surface area contributed by atoms with Gasteiger partial charge in [-0.15, -0.1) is 0 Å². The summed E-state index contributed by atoms with van der Waals surface area (Å²) in [6, 6.07) is 5.61. The summed E-state index contributed by atoms with van der Waals surface area (Å²) in [4.78, 5) is 12.1. The number of carbonyl (C=O) groups is 1. The molecule has 1 aromatic heterocycles. The van der Waals surface area contributed by atoms with Crippen molar-refractivity contribution in [1.29, 1.82) is 0 Å². The summed E-state index contributed by atoms with van der Waals surface area (Å²) < 4.78 is 15.8. The van der Waals surface area contributed by atoms with Gasteiger partial charge in [-0.25, -0.2) is 4.39 Å². The molecule has 0 aliphatic rings. The topological polar surface area (TPSA) is 34.0 Å². The van der Waals surface area contributed by atoms with E-state index in [9.17, 15) is 9.18 Å². The maximum absolute atomic E-state index is 13.2. The van der Waals surface area contributed by atoms with Crippen LogP contribution in [0.1, 0.15) is 17.4 Å². The van der Waals surface area contributed by atoms with Gasteiger partial charge in [0.05, 0.1) is 0 Å². The zero-order valence-corrected chi connectivity index (χ0v) is 12.4. The molecule has 0 atom stereocenters. The quantitative estimate of drug-likeness (QED) is 0.883. The van der Waals surface area contributed by atoms with Crippen LogP contribution in [-0.2, 0) is 6.54 Å². The number of rotatable bonds is 3. The van der Waals surface area contributed by atoms with Crippen molar-refractivity contribution in [3.05, 3.63) is 51.5 Å². The van der Waals surface area contributed by atoms with Crippen molar-refractivity contribution >= 4 is 39.1 Å². The molecule has 3 nitrogen and oxygen atoms in total. The first-order chi connectivity index (χ1) is 8.99. The van der Waals surface area contributed by atoms with Crippen LogP contribution in [0.15, 0.2) is 34.9 Å². The summed E-state index contributed by atoms with van der Waals surface area (Å²) >= 11 is 9.06. The van der Waals surface area contributed by atoms with Gasteiger partial charge in [0, 0.05) is 27.9 Å². The highest BCUT2D eigenvalue weighted by Crippen LogP contribution is 2.20. The number of benzene rings is 1. The number of amides is 1. The average Bonchev–Trinajstić information content (AvgIpc) is 2.69. The molecule has 6 heteroatoms. The Morgan fingerprint density at radius 3 is 2.79 bits per heavy atom. The molecule has 1 amide bonds. The van der Waals surface area contributed by atoms with Crippen LogP contribution in [0.4, 0.5) is 10.1 Å². The summed E-state index contributed by atoms with van der Waals surface area (Å²) in [6.07, 6.45) is 1.81. The molecule has 0 radical (unpaired) electrons. The highest BCUT2D eigenvalue weighted by molar-refractivity contribution is 9.10. The van der Waals surface area contributed by atoms with Crippen molar-refractivity contribution in [3.8, 4) is 0 Å². The van der Waals surface area contributed by atoms with E-state index in [1.807, 2.05) is 13.1 Å². The number of halogens is 3. The smallest absolute Gasteiger partial charge is 0.272 e. The Bertz CT molecular complexity index is 607. The summed E-state index contributed by atoms with van der Waals surface area (Å²) in [7, 11) is 0. The van der Waals surface area contributed by atoms with Gasteiger partial charge in [0.25, 0.3) is 5.91 Å². The van der Waals surface area contributed by atoms with Crippen LogP contribution in [0.5, 0.6) is 0 Å². The van der Waals surface area contributed by atoms with Crippen molar-refractivity contribution in [1.82, 2.24) is 4.57 Å². The predicted octanol–water partition coefficient (Wildman–Crippen LogP) is 4.32.